The van der Waals surface area contributed by atoms with Crippen LogP contribution in [0.15, 0.2) is 24.3 Å². The summed E-state index contributed by atoms with van der Waals surface area (Å²) in [5, 5.41) is 0. The van der Waals surface area contributed by atoms with Crippen molar-refractivity contribution in [3.05, 3.63) is 35.4 Å². The molecule has 0 amide bonds. The van der Waals surface area contributed by atoms with Crippen LogP contribution < -0.4 is 5.73 Å². The molecule has 1 heteroatoms. The van der Waals surface area contributed by atoms with Crippen LogP contribution in [-0.4, -0.2) is 6.54 Å². The monoisotopic (exact) mass is 219 g/mol. The lowest BCUT2D eigenvalue weighted by molar-refractivity contribution is 0.412. The molecule has 1 rings (SSSR count). The normalized spacial score (nSPS) is 13.1. The lowest BCUT2D eigenvalue weighted by Crippen LogP contribution is -2.16. The lowest BCUT2D eigenvalue weighted by atomic mass is 9.86. The zero-order valence-electron chi connectivity index (χ0n) is 10.9. The lowest BCUT2D eigenvalue weighted by Gasteiger charge is -2.21. The van der Waals surface area contributed by atoms with Crippen LogP contribution in [0.5, 0.6) is 0 Å². The van der Waals surface area contributed by atoms with Gasteiger partial charge in [0.15, 0.2) is 0 Å². The number of rotatable bonds is 6. The zero-order chi connectivity index (χ0) is 12.0. The molecule has 0 aliphatic heterocycles. The summed E-state index contributed by atoms with van der Waals surface area (Å²) in [6, 6.07) is 8.78. The highest BCUT2D eigenvalue weighted by Gasteiger charge is 2.14. The third-order valence-electron chi connectivity index (χ3n) is 3.57. The maximum Gasteiger partial charge on any atom is -0.000813 e. The molecule has 0 bridgehead atoms. The second-order valence-electron chi connectivity index (χ2n) is 4.76. The first-order valence-electron chi connectivity index (χ1n) is 6.47. The summed E-state index contributed by atoms with van der Waals surface area (Å²) in [7, 11) is 0. The van der Waals surface area contributed by atoms with E-state index in [-0.39, 0.29) is 0 Å². The fraction of sp³-hybridized carbons (Fsp3) is 0.600. The van der Waals surface area contributed by atoms with Gasteiger partial charge in [0.1, 0.15) is 0 Å². The van der Waals surface area contributed by atoms with Gasteiger partial charge in [-0.2, -0.15) is 0 Å². The first kappa shape index (κ1) is 13.2. The van der Waals surface area contributed by atoms with E-state index in [1.807, 2.05) is 0 Å². The van der Waals surface area contributed by atoms with Gasteiger partial charge >= 0.3 is 0 Å². The Hall–Kier alpha value is -0.820. The Balaban J connectivity index is 2.74. The Morgan fingerprint density at radius 1 is 1.19 bits per heavy atom. The van der Waals surface area contributed by atoms with Crippen molar-refractivity contribution in [1.82, 2.24) is 0 Å². The second-order valence-corrected chi connectivity index (χ2v) is 4.76. The molecule has 90 valence electrons. The van der Waals surface area contributed by atoms with Crippen LogP contribution in [0, 0.1) is 12.8 Å². The molecule has 1 aromatic carbocycles. The summed E-state index contributed by atoms with van der Waals surface area (Å²) < 4.78 is 0. The van der Waals surface area contributed by atoms with E-state index in [1.54, 1.807) is 0 Å². The van der Waals surface area contributed by atoms with E-state index < -0.39 is 0 Å². The molecule has 0 saturated carbocycles. The minimum Gasteiger partial charge on any atom is -0.330 e. The number of benzene rings is 1. The Bertz CT molecular complexity index is 302. The first-order chi connectivity index (χ1) is 7.71. The van der Waals surface area contributed by atoms with Gasteiger partial charge in [0.25, 0.3) is 0 Å². The van der Waals surface area contributed by atoms with Crippen molar-refractivity contribution in [2.24, 2.45) is 11.7 Å². The van der Waals surface area contributed by atoms with Gasteiger partial charge in [-0.25, -0.2) is 0 Å². The molecule has 0 spiro atoms. The molecule has 2 N–H and O–H groups in total. The van der Waals surface area contributed by atoms with Crippen molar-refractivity contribution >= 4 is 0 Å². The van der Waals surface area contributed by atoms with Crippen LogP contribution in [-0.2, 0) is 0 Å². The summed E-state index contributed by atoms with van der Waals surface area (Å²) in [6.45, 7) is 7.46. The van der Waals surface area contributed by atoms with Gasteiger partial charge in [0.2, 0.25) is 0 Å². The van der Waals surface area contributed by atoms with E-state index in [0.29, 0.717) is 5.92 Å². The van der Waals surface area contributed by atoms with Gasteiger partial charge in [-0.15, -0.1) is 0 Å². The van der Waals surface area contributed by atoms with Crippen LogP contribution in [0.1, 0.15) is 50.2 Å². The molecular weight excluding hydrogens is 194 g/mol. The quantitative estimate of drug-likeness (QED) is 0.772. The summed E-state index contributed by atoms with van der Waals surface area (Å²) in [6.07, 6.45) is 3.75. The molecule has 1 aromatic rings. The molecule has 0 aliphatic rings. The molecule has 1 nitrogen and oxygen atoms in total. The Morgan fingerprint density at radius 3 is 2.38 bits per heavy atom. The molecule has 0 radical (unpaired) electrons. The highest BCUT2D eigenvalue weighted by atomic mass is 14.5. The van der Waals surface area contributed by atoms with E-state index in [1.165, 1.54) is 30.4 Å². The fourth-order valence-electron chi connectivity index (χ4n) is 2.32. The topological polar surface area (TPSA) is 26.0 Å². The van der Waals surface area contributed by atoms with Gasteiger partial charge in [-0.3, -0.25) is 0 Å². The van der Waals surface area contributed by atoms with Crippen molar-refractivity contribution in [2.45, 2.75) is 46.0 Å². The van der Waals surface area contributed by atoms with Gasteiger partial charge in [0, 0.05) is 0 Å². The molecular formula is C15H25N. The van der Waals surface area contributed by atoms with Crippen LogP contribution in [0.2, 0.25) is 0 Å². The molecule has 16 heavy (non-hydrogen) atoms. The fourth-order valence-corrected chi connectivity index (χ4v) is 2.32. The maximum absolute atomic E-state index is 5.91. The van der Waals surface area contributed by atoms with Gasteiger partial charge < -0.3 is 5.73 Å². The average molecular weight is 219 g/mol. The van der Waals surface area contributed by atoms with Crippen molar-refractivity contribution in [3.8, 4) is 0 Å². The highest BCUT2D eigenvalue weighted by molar-refractivity contribution is 5.25. The number of hydrogen-bond acceptors (Lipinski definition) is 1. The molecule has 1 unspecified atom stereocenters. The largest absolute Gasteiger partial charge is 0.330 e. The van der Waals surface area contributed by atoms with E-state index in [4.69, 9.17) is 5.73 Å². The second kappa shape index (κ2) is 6.70. The predicted octanol–water partition coefficient (Wildman–Crippen LogP) is 3.86. The van der Waals surface area contributed by atoms with E-state index >= 15 is 0 Å². The molecule has 0 fully saturated rings. The Kier molecular flexibility index (Phi) is 5.54. The van der Waals surface area contributed by atoms with E-state index in [2.05, 4.69) is 45.0 Å². The van der Waals surface area contributed by atoms with Gasteiger partial charge in [0.05, 0.1) is 0 Å². The minimum atomic E-state index is 0.532. The Morgan fingerprint density at radius 2 is 1.88 bits per heavy atom. The first-order valence-corrected chi connectivity index (χ1v) is 6.47. The third-order valence-corrected chi connectivity index (χ3v) is 3.57. The molecule has 0 saturated heterocycles. The predicted molar refractivity (Wildman–Crippen MR) is 71.7 cm³/mol. The maximum atomic E-state index is 5.91. The molecule has 1 atom stereocenters. The molecule has 0 heterocycles. The average Bonchev–Trinajstić information content (AvgIpc) is 2.31. The smallest absolute Gasteiger partial charge is 0.000813 e. The van der Waals surface area contributed by atoms with Crippen molar-refractivity contribution in [1.29, 1.82) is 0 Å². The van der Waals surface area contributed by atoms with E-state index in [9.17, 15) is 0 Å². The summed E-state index contributed by atoms with van der Waals surface area (Å²) in [4.78, 5) is 0. The van der Waals surface area contributed by atoms with Crippen LogP contribution in [0.25, 0.3) is 0 Å². The van der Waals surface area contributed by atoms with Crippen LogP contribution >= 0.6 is 0 Å². The van der Waals surface area contributed by atoms with Crippen molar-refractivity contribution in [2.75, 3.05) is 6.54 Å². The van der Waals surface area contributed by atoms with Gasteiger partial charge in [-0.05, 0) is 37.3 Å². The van der Waals surface area contributed by atoms with Crippen LogP contribution in [0.3, 0.4) is 0 Å². The summed E-state index contributed by atoms with van der Waals surface area (Å²) in [5.74, 6) is 1.35. The SMILES string of the molecule is CCC(CC)CC(CN)c1cccc(C)c1. The summed E-state index contributed by atoms with van der Waals surface area (Å²) in [5.41, 5.74) is 8.66. The zero-order valence-corrected chi connectivity index (χ0v) is 10.9. The molecule has 0 aliphatic carbocycles. The van der Waals surface area contributed by atoms with Gasteiger partial charge in [-0.1, -0.05) is 56.5 Å². The van der Waals surface area contributed by atoms with E-state index in [0.717, 1.165) is 12.5 Å². The summed E-state index contributed by atoms with van der Waals surface area (Å²) >= 11 is 0. The van der Waals surface area contributed by atoms with Crippen molar-refractivity contribution < 1.29 is 0 Å². The standard InChI is InChI=1S/C15H25N/c1-4-13(5-2)10-15(11-16)14-8-6-7-12(3)9-14/h6-9,13,15H,4-5,10-11,16H2,1-3H3. The molecule has 0 aromatic heterocycles. The third kappa shape index (κ3) is 3.64. The number of hydrogen-bond donors (Lipinski definition) is 1. The highest BCUT2D eigenvalue weighted by Crippen LogP contribution is 2.26. The minimum absolute atomic E-state index is 0.532. The number of aryl methyl sites for hydroxylation is 1. The number of nitrogens with two attached hydrogens (primary N) is 1. The van der Waals surface area contributed by atoms with Crippen LogP contribution in [0.4, 0.5) is 0 Å². The Labute approximate surface area is 100 Å². The van der Waals surface area contributed by atoms with Crippen molar-refractivity contribution in [3.63, 3.8) is 0 Å².